The summed E-state index contributed by atoms with van der Waals surface area (Å²) in [7, 11) is 0. The van der Waals surface area contributed by atoms with Crippen LogP contribution in [0.15, 0.2) is 237 Å². The van der Waals surface area contributed by atoms with Crippen molar-refractivity contribution in [3.05, 3.63) is 253 Å². The summed E-state index contributed by atoms with van der Waals surface area (Å²) in [5, 5.41) is 6.26. The third kappa shape index (κ3) is 5.72. The molecule has 12 rings (SSSR count). The van der Waals surface area contributed by atoms with E-state index in [2.05, 4.69) is 246 Å². The van der Waals surface area contributed by atoms with E-state index in [0.29, 0.717) is 0 Å². The van der Waals surface area contributed by atoms with Crippen LogP contribution < -0.4 is 4.90 Å². The van der Waals surface area contributed by atoms with Gasteiger partial charge in [-0.2, -0.15) is 0 Å². The maximum absolute atomic E-state index is 2.51. The molecule has 0 amide bonds. The fourth-order valence-electron chi connectivity index (χ4n) is 10.00. The molecule has 61 heavy (non-hydrogen) atoms. The van der Waals surface area contributed by atoms with Gasteiger partial charge >= 0.3 is 0 Å². The van der Waals surface area contributed by atoms with Crippen LogP contribution in [0.3, 0.4) is 0 Å². The molecular formula is C59H40N2. The second-order valence-electron chi connectivity index (χ2n) is 16.0. The van der Waals surface area contributed by atoms with Crippen molar-refractivity contribution in [1.82, 2.24) is 4.57 Å². The molecule has 0 aliphatic heterocycles. The van der Waals surface area contributed by atoms with E-state index in [1.54, 1.807) is 0 Å². The lowest BCUT2D eigenvalue weighted by Gasteiger charge is -2.29. The number of rotatable bonds is 7. The normalized spacial score (nSPS) is 13.1. The first kappa shape index (κ1) is 35.0. The van der Waals surface area contributed by atoms with Crippen molar-refractivity contribution >= 4 is 49.5 Å². The first-order valence-corrected chi connectivity index (χ1v) is 21.1. The second kappa shape index (κ2) is 14.4. The number of anilines is 3. The quantitative estimate of drug-likeness (QED) is 0.156. The number of hydrogen-bond donors (Lipinski definition) is 0. The van der Waals surface area contributed by atoms with Gasteiger partial charge in [0.1, 0.15) is 0 Å². The molecule has 286 valence electrons. The van der Waals surface area contributed by atoms with Gasteiger partial charge in [0.25, 0.3) is 0 Å². The van der Waals surface area contributed by atoms with E-state index in [1.807, 2.05) is 0 Å². The Morgan fingerprint density at radius 1 is 0.361 bits per heavy atom. The lowest BCUT2D eigenvalue weighted by molar-refractivity contribution is 0.903. The molecule has 1 heterocycles. The van der Waals surface area contributed by atoms with Gasteiger partial charge in [0, 0.05) is 39.3 Å². The molecule has 2 heteroatoms. The Hall–Kier alpha value is -7.94. The zero-order chi connectivity index (χ0) is 40.3. The van der Waals surface area contributed by atoms with E-state index in [0.717, 1.165) is 17.1 Å². The number of nitrogens with zero attached hydrogens (tertiary/aromatic N) is 2. The molecular weight excluding hydrogens is 737 g/mol. The molecule has 1 aliphatic carbocycles. The monoisotopic (exact) mass is 776 g/mol. The highest BCUT2D eigenvalue weighted by molar-refractivity contribution is 6.08. The van der Waals surface area contributed by atoms with Crippen molar-refractivity contribution < 1.29 is 0 Å². The molecule has 0 saturated carbocycles. The molecule has 2 nitrogen and oxygen atoms in total. The Balaban J connectivity index is 1.10. The van der Waals surface area contributed by atoms with Crippen molar-refractivity contribution in [2.75, 3.05) is 4.90 Å². The number of benzene rings is 10. The van der Waals surface area contributed by atoms with Crippen molar-refractivity contribution in [2.24, 2.45) is 0 Å². The standard InChI is InChI=1S/C59H40N2/c1-3-18-44(19-4-1)56-53-29-15-31-55(57(53)58-52-26-11-12-30-54(52)61(59(56)58)45-22-5-2-6-23-45)60(46-36-32-42(33-37-46)50-27-13-20-40-16-7-9-24-48(40)50)47-38-34-43(35-39-47)51-28-14-21-41-17-8-10-25-49(41)51/h1-39,56H. The van der Waals surface area contributed by atoms with Gasteiger partial charge in [0.05, 0.1) is 17.1 Å². The molecule has 1 aliphatic rings. The number of hydrogen-bond acceptors (Lipinski definition) is 1. The number of fused-ring (bicyclic) bond motifs is 7. The highest BCUT2D eigenvalue weighted by Gasteiger charge is 2.38. The zero-order valence-corrected chi connectivity index (χ0v) is 33.5. The van der Waals surface area contributed by atoms with Crippen LogP contribution in [0.2, 0.25) is 0 Å². The molecule has 1 atom stereocenters. The van der Waals surface area contributed by atoms with Gasteiger partial charge in [-0.15, -0.1) is 0 Å². The van der Waals surface area contributed by atoms with Crippen LogP contribution in [-0.2, 0) is 0 Å². The second-order valence-corrected chi connectivity index (χ2v) is 16.0. The van der Waals surface area contributed by atoms with Crippen molar-refractivity contribution in [2.45, 2.75) is 5.92 Å². The summed E-state index contributed by atoms with van der Waals surface area (Å²) in [4.78, 5) is 2.48. The fourth-order valence-corrected chi connectivity index (χ4v) is 10.00. The van der Waals surface area contributed by atoms with Gasteiger partial charge in [-0.1, -0.05) is 188 Å². The van der Waals surface area contributed by atoms with E-state index in [9.17, 15) is 0 Å². The molecule has 1 unspecified atom stereocenters. The van der Waals surface area contributed by atoms with Crippen molar-refractivity contribution in [3.63, 3.8) is 0 Å². The summed E-state index contributed by atoms with van der Waals surface area (Å²) in [5.74, 6) is 0.0306. The smallest absolute Gasteiger partial charge is 0.0544 e. The van der Waals surface area contributed by atoms with Crippen LogP contribution in [0, 0.1) is 0 Å². The number of para-hydroxylation sites is 2. The maximum Gasteiger partial charge on any atom is 0.0544 e. The van der Waals surface area contributed by atoms with Gasteiger partial charge in [0.2, 0.25) is 0 Å². The van der Waals surface area contributed by atoms with Crippen LogP contribution in [0.4, 0.5) is 17.1 Å². The van der Waals surface area contributed by atoms with Crippen molar-refractivity contribution in [3.8, 4) is 39.1 Å². The Labute approximate surface area is 355 Å². The van der Waals surface area contributed by atoms with Crippen LogP contribution in [-0.4, -0.2) is 4.57 Å². The molecule has 0 saturated heterocycles. The molecule has 0 radical (unpaired) electrons. The van der Waals surface area contributed by atoms with Crippen LogP contribution in [0.25, 0.3) is 71.5 Å². The summed E-state index contributed by atoms with van der Waals surface area (Å²) in [6, 6.07) is 86.6. The minimum Gasteiger partial charge on any atom is -0.312 e. The first-order chi connectivity index (χ1) is 30.3. The summed E-state index contributed by atoms with van der Waals surface area (Å²) in [5.41, 5.74) is 17.1. The molecule has 10 aromatic carbocycles. The van der Waals surface area contributed by atoms with Crippen LogP contribution in [0.1, 0.15) is 22.7 Å². The summed E-state index contributed by atoms with van der Waals surface area (Å²) < 4.78 is 2.51. The van der Waals surface area contributed by atoms with E-state index in [4.69, 9.17) is 0 Å². The third-order valence-electron chi connectivity index (χ3n) is 12.7. The fraction of sp³-hybridized carbons (Fsp3) is 0.0169. The predicted octanol–water partition coefficient (Wildman–Crippen LogP) is 15.9. The van der Waals surface area contributed by atoms with E-state index in [1.165, 1.54) is 88.3 Å². The van der Waals surface area contributed by atoms with E-state index < -0.39 is 0 Å². The number of aromatic nitrogens is 1. The Morgan fingerprint density at radius 3 is 1.46 bits per heavy atom. The molecule has 0 fully saturated rings. The minimum atomic E-state index is 0.0306. The van der Waals surface area contributed by atoms with Gasteiger partial charge < -0.3 is 9.47 Å². The Kier molecular flexibility index (Phi) is 8.28. The maximum atomic E-state index is 2.51. The highest BCUT2D eigenvalue weighted by atomic mass is 15.1. The minimum absolute atomic E-state index is 0.0306. The average Bonchev–Trinajstić information content (AvgIpc) is 3.85. The predicted molar refractivity (Wildman–Crippen MR) is 257 cm³/mol. The average molecular weight is 777 g/mol. The van der Waals surface area contributed by atoms with E-state index in [-0.39, 0.29) is 5.92 Å². The largest absolute Gasteiger partial charge is 0.312 e. The summed E-state index contributed by atoms with van der Waals surface area (Å²) >= 11 is 0. The van der Waals surface area contributed by atoms with Gasteiger partial charge in [-0.05, 0) is 103 Å². The molecule has 0 N–H and O–H groups in total. The van der Waals surface area contributed by atoms with Crippen LogP contribution in [0.5, 0.6) is 0 Å². The van der Waals surface area contributed by atoms with Gasteiger partial charge in [0.15, 0.2) is 0 Å². The summed E-state index contributed by atoms with van der Waals surface area (Å²) in [6.07, 6.45) is 0. The SMILES string of the molecule is c1ccc(C2c3cccc(N(c4ccc(-c5cccc6ccccc56)cc4)c4ccc(-c5cccc6ccccc56)cc4)c3-c3c2n(-c2ccccc2)c2ccccc32)cc1. The Morgan fingerprint density at radius 2 is 0.852 bits per heavy atom. The van der Waals surface area contributed by atoms with E-state index >= 15 is 0 Å². The first-order valence-electron chi connectivity index (χ1n) is 21.1. The molecule has 0 spiro atoms. The third-order valence-corrected chi connectivity index (χ3v) is 12.7. The summed E-state index contributed by atoms with van der Waals surface area (Å²) in [6.45, 7) is 0. The van der Waals surface area contributed by atoms with Gasteiger partial charge in [-0.3, -0.25) is 0 Å². The van der Waals surface area contributed by atoms with Crippen molar-refractivity contribution in [1.29, 1.82) is 0 Å². The molecule has 1 aromatic heterocycles. The topological polar surface area (TPSA) is 8.17 Å². The molecule has 11 aromatic rings. The lowest BCUT2D eigenvalue weighted by atomic mass is 9.91. The van der Waals surface area contributed by atoms with Gasteiger partial charge in [-0.25, -0.2) is 0 Å². The highest BCUT2D eigenvalue weighted by Crippen LogP contribution is 2.57. The molecule has 0 bridgehead atoms. The van der Waals surface area contributed by atoms with Crippen LogP contribution >= 0.6 is 0 Å². The zero-order valence-electron chi connectivity index (χ0n) is 33.5. The Bertz CT molecular complexity index is 3270. The lowest BCUT2D eigenvalue weighted by Crippen LogP contribution is -2.12.